The van der Waals surface area contributed by atoms with Crippen molar-refractivity contribution in [3.05, 3.63) is 77.9 Å². The van der Waals surface area contributed by atoms with Gasteiger partial charge in [-0.15, -0.1) is 0 Å². The number of carboxylic acid groups (broad SMARTS) is 1. The lowest BCUT2D eigenvalue weighted by Crippen LogP contribution is -2.25. The van der Waals surface area contributed by atoms with Crippen molar-refractivity contribution in [1.82, 2.24) is 15.0 Å². The Hall–Kier alpha value is -3.92. The van der Waals surface area contributed by atoms with Crippen molar-refractivity contribution in [2.45, 2.75) is 12.7 Å². The Bertz CT molecular complexity index is 1370. The largest absolute Gasteiger partial charge is 0.480 e. The molecule has 0 atom stereocenters. The van der Waals surface area contributed by atoms with Crippen molar-refractivity contribution in [2.75, 3.05) is 13.6 Å². The molecule has 0 aliphatic rings. The Morgan fingerprint density at radius 3 is 2.51 bits per heavy atom. The molecule has 0 saturated heterocycles. The van der Waals surface area contributed by atoms with Crippen LogP contribution >= 0.6 is 0 Å². The molecule has 0 spiro atoms. The number of benzene rings is 3. The zero-order valence-electron chi connectivity index (χ0n) is 19.0. The zero-order chi connectivity index (χ0) is 25.2. The quantitative estimate of drug-likeness (QED) is 0.406. The van der Waals surface area contributed by atoms with Crippen LogP contribution in [0.4, 0.5) is 13.2 Å². The van der Waals surface area contributed by atoms with Crippen LogP contribution in [0.5, 0.6) is 0 Å². The first-order chi connectivity index (χ1) is 16.6. The molecule has 0 saturated carbocycles. The van der Waals surface area contributed by atoms with Gasteiger partial charge in [-0.2, -0.15) is 18.2 Å². The SMILES string of the molecule is Bc1cc(-c2nc(-c3cccc(CN(C)CC(=O)O)c3)no2)ccc1-c1ccccc1C(F)(F)F. The molecule has 6 nitrogen and oxygen atoms in total. The van der Waals surface area contributed by atoms with Crippen molar-refractivity contribution < 1.29 is 27.6 Å². The van der Waals surface area contributed by atoms with E-state index in [1.807, 2.05) is 24.3 Å². The minimum Gasteiger partial charge on any atom is -0.480 e. The van der Waals surface area contributed by atoms with Gasteiger partial charge in [0.05, 0.1) is 12.1 Å². The van der Waals surface area contributed by atoms with Crippen molar-refractivity contribution in [1.29, 1.82) is 0 Å². The fraction of sp³-hybridized carbons (Fsp3) is 0.160. The minimum atomic E-state index is -4.46. The van der Waals surface area contributed by atoms with Crippen molar-refractivity contribution in [2.24, 2.45) is 0 Å². The van der Waals surface area contributed by atoms with Crippen LogP contribution in [0.1, 0.15) is 11.1 Å². The van der Waals surface area contributed by atoms with E-state index < -0.39 is 17.7 Å². The summed E-state index contributed by atoms with van der Waals surface area (Å²) in [5, 5.41) is 13.0. The number of nitrogens with zero attached hydrogens (tertiary/aromatic N) is 3. The van der Waals surface area contributed by atoms with E-state index in [1.165, 1.54) is 12.1 Å². The summed E-state index contributed by atoms with van der Waals surface area (Å²) in [4.78, 5) is 17.0. The molecule has 178 valence electrons. The van der Waals surface area contributed by atoms with Crippen LogP contribution in [0.15, 0.2) is 71.3 Å². The van der Waals surface area contributed by atoms with Crippen molar-refractivity contribution in [3.63, 3.8) is 0 Å². The summed E-state index contributed by atoms with van der Waals surface area (Å²) in [6.07, 6.45) is -4.46. The highest BCUT2D eigenvalue weighted by atomic mass is 19.4. The van der Waals surface area contributed by atoms with Gasteiger partial charge in [0.15, 0.2) is 0 Å². The molecule has 35 heavy (non-hydrogen) atoms. The van der Waals surface area contributed by atoms with Crippen LogP contribution < -0.4 is 5.46 Å². The number of hydrogen-bond donors (Lipinski definition) is 1. The Morgan fingerprint density at radius 1 is 1.03 bits per heavy atom. The third-order valence-corrected chi connectivity index (χ3v) is 5.46. The summed E-state index contributed by atoms with van der Waals surface area (Å²) in [6.45, 7) is 0.351. The second-order valence-electron chi connectivity index (χ2n) is 8.26. The summed E-state index contributed by atoms with van der Waals surface area (Å²) in [6, 6.07) is 17.9. The molecule has 4 aromatic rings. The maximum atomic E-state index is 13.5. The summed E-state index contributed by atoms with van der Waals surface area (Å²) in [5.41, 5.74) is 2.72. The van der Waals surface area contributed by atoms with Crippen LogP contribution in [-0.4, -0.2) is 47.6 Å². The van der Waals surface area contributed by atoms with Gasteiger partial charge >= 0.3 is 12.1 Å². The van der Waals surface area contributed by atoms with Gasteiger partial charge in [-0.05, 0) is 41.9 Å². The molecule has 0 radical (unpaired) electrons. The van der Waals surface area contributed by atoms with Crippen molar-refractivity contribution >= 4 is 19.3 Å². The lowest BCUT2D eigenvalue weighted by Gasteiger charge is -2.15. The maximum absolute atomic E-state index is 13.5. The molecule has 3 aromatic carbocycles. The lowest BCUT2D eigenvalue weighted by atomic mass is 9.84. The Balaban J connectivity index is 1.59. The predicted molar refractivity (Wildman–Crippen MR) is 128 cm³/mol. The number of carbonyl (C=O) groups is 1. The number of hydrogen-bond acceptors (Lipinski definition) is 5. The van der Waals surface area contributed by atoms with E-state index in [1.54, 1.807) is 44.1 Å². The number of aliphatic carboxylic acids is 1. The second kappa shape index (κ2) is 9.75. The highest BCUT2D eigenvalue weighted by Crippen LogP contribution is 2.36. The van der Waals surface area contributed by atoms with E-state index in [9.17, 15) is 18.0 Å². The molecule has 0 amide bonds. The number of rotatable bonds is 7. The molecular formula is C25H21BF3N3O3. The highest BCUT2D eigenvalue weighted by molar-refractivity contribution is 6.36. The number of likely N-dealkylation sites (N-methyl/N-ethyl adjacent to an activating group) is 1. The molecule has 1 aromatic heterocycles. The van der Waals surface area contributed by atoms with Gasteiger partial charge in [-0.3, -0.25) is 9.69 Å². The van der Waals surface area contributed by atoms with Crippen LogP contribution in [0.3, 0.4) is 0 Å². The Labute approximate surface area is 200 Å². The summed E-state index contributed by atoms with van der Waals surface area (Å²) in [7, 11) is 3.45. The van der Waals surface area contributed by atoms with Crippen LogP contribution in [0, 0.1) is 0 Å². The van der Waals surface area contributed by atoms with Gasteiger partial charge in [0, 0.05) is 17.7 Å². The molecule has 0 unspecified atom stereocenters. The molecule has 4 rings (SSSR count). The average molecular weight is 479 g/mol. The fourth-order valence-corrected chi connectivity index (χ4v) is 3.93. The summed E-state index contributed by atoms with van der Waals surface area (Å²) in [5.74, 6) is -0.311. The first kappa shape index (κ1) is 24.2. The molecule has 0 bridgehead atoms. The highest BCUT2D eigenvalue weighted by Gasteiger charge is 2.33. The third kappa shape index (κ3) is 5.60. The van der Waals surface area contributed by atoms with Crippen LogP contribution in [-0.2, 0) is 17.5 Å². The molecule has 0 aliphatic heterocycles. The van der Waals surface area contributed by atoms with E-state index in [-0.39, 0.29) is 18.0 Å². The molecule has 0 fully saturated rings. The minimum absolute atomic E-state index is 0.0840. The maximum Gasteiger partial charge on any atom is 0.417 e. The van der Waals surface area contributed by atoms with Crippen LogP contribution in [0.2, 0.25) is 0 Å². The first-order valence-corrected chi connectivity index (χ1v) is 10.7. The Kier molecular flexibility index (Phi) is 6.75. The molecular weight excluding hydrogens is 458 g/mol. The average Bonchev–Trinajstić information content (AvgIpc) is 3.28. The van der Waals surface area contributed by atoms with E-state index in [0.29, 0.717) is 34.5 Å². The van der Waals surface area contributed by atoms with Crippen LogP contribution in [0.25, 0.3) is 34.0 Å². The van der Waals surface area contributed by atoms with Crippen molar-refractivity contribution in [3.8, 4) is 34.0 Å². The summed E-state index contributed by atoms with van der Waals surface area (Å²) >= 11 is 0. The monoisotopic (exact) mass is 479 g/mol. The number of carboxylic acids is 1. The third-order valence-electron chi connectivity index (χ3n) is 5.46. The molecule has 1 N–H and O–H groups in total. The van der Waals surface area contributed by atoms with Gasteiger partial charge in [0.2, 0.25) is 5.82 Å². The molecule has 1 heterocycles. The number of alkyl halides is 3. The van der Waals surface area contributed by atoms with E-state index >= 15 is 0 Å². The van der Waals surface area contributed by atoms with E-state index in [2.05, 4.69) is 10.1 Å². The molecule has 10 heteroatoms. The smallest absolute Gasteiger partial charge is 0.417 e. The van der Waals surface area contributed by atoms with Gasteiger partial charge in [0.25, 0.3) is 5.89 Å². The van der Waals surface area contributed by atoms with E-state index in [0.717, 1.165) is 11.6 Å². The molecule has 0 aliphatic carbocycles. The number of aromatic nitrogens is 2. The van der Waals surface area contributed by atoms with Gasteiger partial charge in [-0.25, -0.2) is 0 Å². The Morgan fingerprint density at radius 2 is 1.80 bits per heavy atom. The lowest BCUT2D eigenvalue weighted by molar-refractivity contribution is -0.138. The van der Waals surface area contributed by atoms with Gasteiger partial charge < -0.3 is 9.63 Å². The normalized spacial score (nSPS) is 11.7. The topological polar surface area (TPSA) is 79.5 Å². The van der Waals surface area contributed by atoms with E-state index in [4.69, 9.17) is 9.63 Å². The second-order valence-corrected chi connectivity index (χ2v) is 8.26. The number of halogens is 3. The predicted octanol–water partition coefficient (Wildman–Crippen LogP) is 3.86. The summed E-state index contributed by atoms with van der Waals surface area (Å²) < 4.78 is 45.8. The fourth-order valence-electron chi connectivity index (χ4n) is 3.93. The van der Waals surface area contributed by atoms with Gasteiger partial charge in [-0.1, -0.05) is 59.2 Å². The van der Waals surface area contributed by atoms with Gasteiger partial charge in [0.1, 0.15) is 7.85 Å². The first-order valence-electron chi connectivity index (χ1n) is 10.7. The zero-order valence-corrected chi connectivity index (χ0v) is 19.0. The standard InChI is InChI=1S/C25H21BF3N3O3/c1-32(14-22(33)34)13-15-5-4-6-16(11-15)23-30-24(35-31-23)17-9-10-19(21(26)12-17)18-7-2-3-8-20(18)25(27,28)29/h2-12H,13-14,26H2,1H3,(H,33,34).